The molecule has 0 radical (unpaired) electrons. The fourth-order valence-corrected chi connectivity index (χ4v) is 2.53. The number of carbonyl (C=O) groups is 1. The van der Waals surface area contributed by atoms with Crippen LogP contribution in [0, 0.1) is 20.8 Å². The highest BCUT2D eigenvalue weighted by Crippen LogP contribution is 2.30. The standard InChI is InChI=1S/C16H17N3O3/c1-8-6-11(10(3)21-8)13-7-12(16(20)19(4)5)14-9(2)18-22-15(14)17-13/h6-7H,1-5H3. The maximum Gasteiger partial charge on any atom is 0.259 e. The van der Waals surface area contributed by atoms with Crippen molar-refractivity contribution < 1.29 is 13.7 Å². The van der Waals surface area contributed by atoms with Crippen LogP contribution in [0.3, 0.4) is 0 Å². The molecular weight excluding hydrogens is 282 g/mol. The second-order valence-electron chi connectivity index (χ2n) is 5.53. The first-order chi connectivity index (χ1) is 10.4. The molecule has 3 aromatic heterocycles. The minimum atomic E-state index is -0.113. The average Bonchev–Trinajstić information content (AvgIpc) is 3.00. The Bertz CT molecular complexity index is 874. The normalized spacial score (nSPS) is 11.1. The Morgan fingerprint density at radius 1 is 1.18 bits per heavy atom. The summed E-state index contributed by atoms with van der Waals surface area (Å²) in [5.41, 5.74) is 3.03. The predicted octanol–water partition coefficient (Wildman–Crippen LogP) is 3.11. The molecule has 0 saturated heterocycles. The van der Waals surface area contributed by atoms with Gasteiger partial charge in [0.15, 0.2) is 0 Å². The smallest absolute Gasteiger partial charge is 0.259 e. The van der Waals surface area contributed by atoms with Crippen molar-refractivity contribution in [1.82, 2.24) is 15.0 Å². The zero-order valence-corrected chi connectivity index (χ0v) is 13.2. The van der Waals surface area contributed by atoms with E-state index in [1.807, 2.05) is 19.9 Å². The number of hydrogen-bond acceptors (Lipinski definition) is 5. The van der Waals surface area contributed by atoms with E-state index in [1.54, 1.807) is 27.1 Å². The fourth-order valence-electron chi connectivity index (χ4n) is 2.53. The summed E-state index contributed by atoms with van der Waals surface area (Å²) in [6, 6.07) is 3.67. The number of aromatic nitrogens is 2. The lowest BCUT2D eigenvalue weighted by Crippen LogP contribution is -2.22. The van der Waals surface area contributed by atoms with E-state index >= 15 is 0 Å². The van der Waals surface area contributed by atoms with Gasteiger partial charge in [-0.1, -0.05) is 5.16 Å². The number of carbonyl (C=O) groups excluding carboxylic acids is 1. The van der Waals surface area contributed by atoms with Crippen molar-refractivity contribution in [3.8, 4) is 11.3 Å². The first-order valence-electron chi connectivity index (χ1n) is 6.94. The molecule has 0 bridgehead atoms. The van der Waals surface area contributed by atoms with Crippen LogP contribution in [-0.4, -0.2) is 35.0 Å². The summed E-state index contributed by atoms with van der Waals surface area (Å²) >= 11 is 0. The van der Waals surface area contributed by atoms with Gasteiger partial charge >= 0.3 is 0 Å². The van der Waals surface area contributed by atoms with Gasteiger partial charge in [-0.2, -0.15) is 0 Å². The van der Waals surface area contributed by atoms with Crippen molar-refractivity contribution in [3.05, 3.63) is 34.9 Å². The van der Waals surface area contributed by atoms with Gasteiger partial charge in [-0.3, -0.25) is 4.79 Å². The van der Waals surface area contributed by atoms with Crippen LogP contribution in [0.1, 0.15) is 27.6 Å². The average molecular weight is 299 g/mol. The molecule has 6 nitrogen and oxygen atoms in total. The number of furan rings is 1. The largest absolute Gasteiger partial charge is 0.466 e. The molecule has 6 heteroatoms. The van der Waals surface area contributed by atoms with Crippen molar-refractivity contribution in [3.63, 3.8) is 0 Å². The Kier molecular flexibility index (Phi) is 3.24. The Labute approximate surface area is 127 Å². The molecule has 3 heterocycles. The van der Waals surface area contributed by atoms with Crippen LogP contribution < -0.4 is 0 Å². The summed E-state index contributed by atoms with van der Waals surface area (Å²) in [4.78, 5) is 18.5. The molecule has 0 spiro atoms. The highest BCUT2D eigenvalue weighted by Gasteiger charge is 2.21. The molecule has 114 valence electrons. The van der Waals surface area contributed by atoms with Crippen LogP contribution in [-0.2, 0) is 0 Å². The van der Waals surface area contributed by atoms with Crippen LogP contribution in [0.5, 0.6) is 0 Å². The predicted molar refractivity (Wildman–Crippen MR) is 81.7 cm³/mol. The Morgan fingerprint density at radius 2 is 1.91 bits per heavy atom. The lowest BCUT2D eigenvalue weighted by molar-refractivity contribution is 0.0829. The van der Waals surface area contributed by atoms with Crippen molar-refractivity contribution >= 4 is 17.0 Å². The van der Waals surface area contributed by atoms with Gasteiger partial charge in [-0.15, -0.1) is 0 Å². The molecule has 0 unspecified atom stereocenters. The van der Waals surface area contributed by atoms with Gasteiger partial charge in [0.1, 0.15) is 11.5 Å². The number of pyridine rings is 1. The summed E-state index contributed by atoms with van der Waals surface area (Å²) in [6.45, 7) is 5.54. The molecule has 22 heavy (non-hydrogen) atoms. The monoisotopic (exact) mass is 299 g/mol. The number of aryl methyl sites for hydroxylation is 3. The van der Waals surface area contributed by atoms with E-state index in [1.165, 1.54) is 4.90 Å². The SMILES string of the molecule is Cc1cc(-c2cc(C(=O)N(C)C)c3c(C)noc3n2)c(C)o1. The zero-order chi connectivity index (χ0) is 16.0. The minimum Gasteiger partial charge on any atom is -0.466 e. The molecular formula is C16H17N3O3. The van der Waals surface area contributed by atoms with Crippen LogP contribution >= 0.6 is 0 Å². The first kappa shape index (κ1) is 14.3. The third kappa shape index (κ3) is 2.16. The maximum absolute atomic E-state index is 12.5. The van der Waals surface area contributed by atoms with Gasteiger partial charge in [-0.05, 0) is 32.9 Å². The topological polar surface area (TPSA) is 72.4 Å². The van der Waals surface area contributed by atoms with Crippen LogP contribution in [0.25, 0.3) is 22.4 Å². The van der Waals surface area contributed by atoms with Crippen molar-refractivity contribution in [1.29, 1.82) is 0 Å². The zero-order valence-electron chi connectivity index (χ0n) is 13.2. The number of fused-ring (bicyclic) bond motifs is 1. The summed E-state index contributed by atoms with van der Waals surface area (Å²) in [6.07, 6.45) is 0. The van der Waals surface area contributed by atoms with Gasteiger partial charge in [0.25, 0.3) is 11.6 Å². The van der Waals surface area contributed by atoms with Crippen molar-refractivity contribution in [2.75, 3.05) is 14.1 Å². The second kappa shape index (κ2) is 4.98. The minimum absolute atomic E-state index is 0.113. The first-order valence-corrected chi connectivity index (χ1v) is 6.94. The van der Waals surface area contributed by atoms with E-state index in [-0.39, 0.29) is 5.91 Å². The van der Waals surface area contributed by atoms with E-state index in [2.05, 4.69) is 10.1 Å². The summed E-state index contributed by atoms with van der Waals surface area (Å²) < 4.78 is 10.8. The molecule has 0 aliphatic rings. The van der Waals surface area contributed by atoms with E-state index in [4.69, 9.17) is 8.94 Å². The van der Waals surface area contributed by atoms with E-state index in [0.717, 1.165) is 17.1 Å². The van der Waals surface area contributed by atoms with Crippen LogP contribution in [0.4, 0.5) is 0 Å². The van der Waals surface area contributed by atoms with E-state index in [0.29, 0.717) is 28.1 Å². The third-order valence-electron chi connectivity index (χ3n) is 3.57. The quantitative estimate of drug-likeness (QED) is 0.727. The maximum atomic E-state index is 12.5. The summed E-state index contributed by atoms with van der Waals surface area (Å²) in [5.74, 6) is 1.44. The van der Waals surface area contributed by atoms with E-state index in [9.17, 15) is 4.79 Å². The molecule has 0 aliphatic heterocycles. The molecule has 0 saturated carbocycles. The lowest BCUT2D eigenvalue weighted by atomic mass is 10.1. The highest BCUT2D eigenvalue weighted by atomic mass is 16.5. The van der Waals surface area contributed by atoms with Gasteiger partial charge < -0.3 is 13.8 Å². The van der Waals surface area contributed by atoms with Crippen molar-refractivity contribution in [2.24, 2.45) is 0 Å². The fraction of sp³-hybridized carbons (Fsp3) is 0.312. The second-order valence-corrected chi connectivity index (χ2v) is 5.53. The molecule has 0 aromatic carbocycles. The van der Waals surface area contributed by atoms with Crippen LogP contribution in [0.15, 0.2) is 21.1 Å². The molecule has 0 atom stereocenters. The number of amides is 1. The van der Waals surface area contributed by atoms with Crippen molar-refractivity contribution in [2.45, 2.75) is 20.8 Å². The van der Waals surface area contributed by atoms with Gasteiger partial charge in [0.2, 0.25) is 0 Å². The number of nitrogens with zero attached hydrogens (tertiary/aromatic N) is 3. The molecule has 3 aromatic rings. The van der Waals surface area contributed by atoms with E-state index < -0.39 is 0 Å². The molecule has 3 rings (SSSR count). The molecule has 0 N–H and O–H groups in total. The van der Waals surface area contributed by atoms with Crippen LogP contribution in [0.2, 0.25) is 0 Å². The van der Waals surface area contributed by atoms with Gasteiger partial charge in [0, 0.05) is 19.7 Å². The summed E-state index contributed by atoms with van der Waals surface area (Å²) in [7, 11) is 3.43. The van der Waals surface area contributed by atoms with Gasteiger partial charge in [-0.25, -0.2) is 4.98 Å². The number of hydrogen-bond donors (Lipinski definition) is 0. The Hall–Kier alpha value is -2.63. The lowest BCUT2D eigenvalue weighted by Gasteiger charge is -2.11. The number of rotatable bonds is 2. The summed E-state index contributed by atoms with van der Waals surface area (Å²) in [5, 5.41) is 4.58. The molecule has 0 fully saturated rings. The molecule has 1 amide bonds. The highest BCUT2D eigenvalue weighted by molar-refractivity contribution is 6.06. The Balaban J connectivity index is 2.30. The molecule has 0 aliphatic carbocycles. The van der Waals surface area contributed by atoms with Gasteiger partial charge in [0.05, 0.1) is 22.3 Å². The Morgan fingerprint density at radius 3 is 2.50 bits per heavy atom. The third-order valence-corrected chi connectivity index (χ3v) is 3.57.